The van der Waals surface area contributed by atoms with Crippen LogP contribution in [0.3, 0.4) is 0 Å². The van der Waals surface area contributed by atoms with Crippen LogP contribution in [0.25, 0.3) is 0 Å². The lowest BCUT2D eigenvalue weighted by Gasteiger charge is -2.42. The third kappa shape index (κ3) is 5.10. The van der Waals surface area contributed by atoms with Gasteiger partial charge in [0.1, 0.15) is 0 Å². The summed E-state index contributed by atoms with van der Waals surface area (Å²) in [5.74, 6) is 0.879. The topological polar surface area (TPSA) is 88.0 Å². The van der Waals surface area contributed by atoms with Crippen molar-refractivity contribution in [2.24, 2.45) is 5.92 Å². The first kappa shape index (κ1) is 21.1. The molecule has 1 aromatic rings. The average Bonchev–Trinajstić information content (AvgIpc) is 3.58. The molecule has 1 N–H and O–H groups in total. The summed E-state index contributed by atoms with van der Waals surface area (Å²) in [6.45, 7) is 6.00. The largest absolute Gasteiger partial charge is 0.490 e. The monoisotopic (exact) mass is 416 g/mol. The second kappa shape index (κ2) is 9.31. The van der Waals surface area contributed by atoms with Gasteiger partial charge >= 0.3 is 5.69 Å². The molecule has 3 aliphatic rings. The Kier molecular flexibility index (Phi) is 6.53. The predicted molar refractivity (Wildman–Crippen MR) is 114 cm³/mol. The van der Waals surface area contributed by atoms with Gasteiger partial charge in [0.15, 0.2) is 5.75 Å². The summed E-state index contributed by atoms with van der Waals surface area (Å²) in [4.78, 5) is 28.4. The Morgan fingerprint density at radius 3 is 2.43 bits per heavy atom. The number of methoxy groups -OCH3 is 1. The van der Waals surface area contributed by atoms with E-state index in [-0.39, 0.29) is 23.4 Å². The maximum absolute atomic E-state index is 12.6. The molecule has 4 rings (SSSR count). The van der Waals surface area contributed by atoms with E-state index in [2.05, 4.69) is 15.1 Å². The third-order valence-electron chi connectivity index (χ3n) is 6.81. The van der Waals surface area contributed by atoms with Gasteiger partial charge in [-0.1, -0.05) is 0 Å². The van der Waals surface area contributed by atoms with Gasteiger partial charge in [-0.3, -0.25) is 19.8 Å². The van der Waals surface area contributed by atoms with Crippen molar-refractivity contribution in [1.82, 2.24) is 15.1 Å². The molecule has 1 saturated heterocycles. The molecule has 8 nitrogen and oxygen atoms in total. The summed E-state index contributed by atoms with van der Waals surface area (Å²) in [5, 5.41) is 14.1. The van der Waals surface area contributed by atoms with Crippen LogP contribution in [0.1, 0.15) is 48.9 Å². The van der Waals surface area contributed by atoms with Gasteiger partial charge in [-0.05, 0) is 50.5 Å². The van der Waals surface area contributed by atoms with E-state index < -0.39 is 4.92 Å². The van der Waals surface area contributed by atoms with Crippen molar-refractivity contribution in [2.45, 2.75) is 50.6 Å². The minimum absolute atomic E-state index is 0.109. The Bertz CT molecular complexity index is 766. The number of nitro benzene ring substituents is 1. The summed E-state index contributed by atoms with van der Waals surface area (Å²) in [7, 11) is 1.37. The smallest absolute Gasteiger partial charge is 0.310 e. The molecule has 8 heteroatoms. The van der Waals surface area contributed by atoms with Crippen LogP contribution in [0.15, 0.2) is 18.2 Å². The fourth-order valence-electron chi connectivity index (χ4n) is 4.80. The van der Waals surface area contributed by atoms with E-state index in [1.54, 1.807) is 0 Å². The summed E-state index contributed by atoms with van der Waals surface area (Å²) in [5.41, 5.74) is 0.262. The van der Waals surface area contributed by atoms with E-state index in [1.807, 2.05) is 0 Å². The van der Waals surface area contributed by atoms with Crippen molar-refractivity contribution in [3.8, 4) is 5.75 Å². The molecule has 30 heavy (non-hydrogen) atoms. The number of piperazine rings is 1. The Balaban J connectivity index is 1.23. The molecule has 0 aromatic heterocycles. The van der Waals surface area contributed by atoms with Crippen molar-refractivity contribution < 1.29 is 14.5 Å². The van der Waals surface area contributed by atoms with Gasteiger partial charge < -0.3 is 15.0 Å². The zero-order chi connectivity index (χ0) is 21.1. The molecular formula is C22H32N4O4. The Labute approximate surface area is 177 Å². The molecule has 1 aromatic carbocycles. The van der Waals surface area contributed by atoms with E-state index >= 15 is 0 Å². The van der Waals surface area contributed by atoms with Gasteiger partial charge in [-0.25, -0.2) is 0 Å². The van der Waals surface area contributed by atoms with Crippen LogP contribution in [0, 0.1) is 16.0 Å². The normalized spacial score (nSPS) is 25.6. The van der Waals surface area contributed by atoms with Crippen LogP contribution >= 0.6 is 0 Å². The van der Waals surface area contributed by atoms with Crippen LogP contribution in [0.2, 0.25) is 0 Å². The lowest BCUT2D eigenvalue weighted by molar-refractivity contribution is -0.385. The van der Waals surface area contributed by atoms with Crippen molar-refractivity contribution in [2.75, 3.05) is 39.8 Å². The number of hydrogen-bond acceptors (Lipinski definition) is 6. The first-order valence-electron chi connectivity index (χ1n) is 11.1. The average molecular weight is 417 g/mol. The molecule has 0 unspecified atom stereocenters. The first-order chi connectivity index (χ1) is 14.5. The highest BCUT2D eigenvalue weighted by molar-refractivity contribution is 5.95. The summed E-state index contributed by atoms with van der Waals surface area (Å²) >= 11 is 0. The maximum atomic E-state index is 12.6. The van der Waals surface area contributed by atoms with E-state index in [1.165, 1.54) is 57.8 Å². The second-order valence-corrected chi connectivity index (χ2v) is 8.90. The van der Waals surface area contributed by atoms with E-state index in [0.717, 1.165) is 44.7 Å². The summed E-state index contributed by atoms with van der Waals surface area (Å²) in [6.07, 6.45) is 7.01. The standard InChI is InChI=1S/C22H32N4O4/c1-30-21-14-17(4-9-20(21)26(28)29)22(27)23-18-5-7-19(8-6-18)25-12-10-24(11-13-25)15-16-2-3-16/h4,9,14,16,18-19H,2-3,5-8,10-13,15H2,1H3,(H,23,27)/t18-,19-. The minimum Gasteiger partial charge on any atom is -0.490 e. The van der Waals surface area contributed by atoms with Crippen LogP contribution in [-0.4, -0.2) is 72.5 Å². The summed E-state index contributed by atoms with van der Waals surface area (Å²) < 4.78 is 5.07. The fraction of sp³-hybridized carbons (Fsp3) is 0.682. The quantitative estimate of drug-likeness (QED) is 0.543. The highest BCUT2D eigenvalue weighted by Gasteiger charge is 2.31. The molecule has 0 spiro atoms. The molecule has 1 amide bonds. The third-order valence-corrected chi connectivity index (χ3v) is 6.81. The van der Waals surface area contributed by atoms with Crippen LogP contribution in [0.5, 0.6) is 5.75 Å². The van der Waals surface area contributed by atoms with Gasteiger partial charge in [-0.15, -0.1) is 0 Å². The molecule has 3 fully saturated rings. The predicted octanol–water partition coefficient (Wildman–Crippen LogP) is 2.67. The number of nitrogens with one attached hydrogen (secondary N) is 1. The van der Waals surface area contributed by atoms with E-state index in [9.17, 15) is 14.9 Å². The number of amides is 1. The zero-order valence-electron chi connectivity index (χ0n) is 17.7. The van der Waals surface area contributed by atoms with Crippen molar-refractivity contribution >= 4 is 11.6 Å². The Hall–Kier alpha value is -2.19. The molecular weight excluding hydrogens is 384 g/mol. The van der Waals surface area contributed by atoms with Crippen LogP contribution in [-0.2, 0) is 0 Å². The minimum atomic E-state index is -0.506. The van der Waals surface area contributed by atoms with Crippen LogP contribution in [0.4, 0.5) is 5.69 Å². The SMILES string of the molecule is COc1cc(C(=O)N[C@H]2CC[C@H](N3CCN(CC4CC4)CC3)CC2)ccc1[N+](=O)[O-]. The Morgan fingerprint density at radius 1 is 1.13 bits per heavy atom. The van der Waals surface area contributed by atoms with Gasteiger partial charge in [0.25, 0.3) is 5.91 Å². The number of nitrogens with zero attached hydrogens (tertiary/aromatic N) is 3. The summed E-state index contributed by atoms with van der Waals surface area (Å²) in [6, 6.07) is 5.04. The van der Waals surface area contributed by atoms with E-state index in [4.69, 9.17) is 4.74 Å². The lowest BCUT2D eigenvalue weighted by atomic mass is 9.89. The number of benzene rings is 1. The van der Waals surface area contributed by atoms with Gasteiger partial charge in [0.05, 0.1) is 12.0 Å². The highest BCUT2D eigenvalue weighted by Crippen LogP contribution is 2.31. The van der Waals surface area contributed by atoms with Crippen LogP contribution < -0.4 is 10.1 Å². The molecule has 0 radical (unpaired) electrons. The number of rotatable bonds is 7. The molecule has 2 aliphatic carbocycles. The maximum Gasteiger partial charge on any atom is 0.310 e. The highest BCUT2D eigenvalue weighted by atomic mass is 16.6. The van der Waals surface area contributed by atoms with E-state index in [0.29, 0.717) is 11.6 Å². The number of hydrogen-bond donors (Lipinski definition) is 1. The number of carbonyl (C=O) groups is 1. The number of carbonyl (C=O) groups excluding carboxylic acids is 1. The van der Waals surface area contributed by atoms with Gasteiger partial charge in [0.2, 0.25) is 0 Å². The molecule has 164 valence electrons. The number of nitro groups is 1. The molecule has 1 aliphatic heterocycles. The molecule has 0 atom stereocenters. The van der Waals surface area contributed by atoms with Gasteiger partial charge in [-0.2, -0.15) is 0 Å². The van der Waals surface area contributed by atoms with Gasteiger partial charge in [0, 0.05) is 62.5 Å². The molecule has 2 saturated carbocycles. The fourth-order valence-corrected chi connectivity index (χ4v) is 4.80. The lowest BCUT2D eigenvalue weighted by Crippen LogP contribution is -2.52. The number of ether oxygens (including phenoxy) is 1. The molecule has 0 bridgehead atoms. The first-order valence-corrected chi connectivity index (χ1v) is 11.1. The zero-order valence-corrected chi connectivity index (χ0v) is 17.7. The van der Waals surface area contributed by atoms with Crippen molar-refractivity contribution in [1.29, 1.82) is 0 Å². The van der Waals surface area contributed by atoms with Crippen molar-refractivity contribution in [3.63, 3.8) is 0 Å². The van der Waals surface area contributed by atoms with Crippen molar-refractivity contribution in [3.05, 3.63) is 33.9 Å². The molecule has 1 heterocycles. The second-order valence-electron chi connectivity index (χ2n) is 8.90. The Morgan fingerprint density at radius 2 is 1.83 bits per heavy atom.